The van der Waals surface area contributed by atoms with Gasteiger partial charge in [-0.25, -0.2) is 4.79 Å². The second-order valence-corrected chi connectivity index (χ2v) is 9.45. The highest BCUT2D eigenvalue weighted by molar-refractivity contribution is 6.46. The molecule has 3 rings (SSSR count). The van der Waals surface area contributed by atoms with Crippen LogP contribution in [0.5, 0.6) is 17.2 Å². The van der Waals surface area contributed by atoms with Crippen LogP contribution in [0.1, 0.15) is 52.3 Å². The Morgan fingerprint density at radius 1 is 1.08 bits per heavy atom. The zero-order valence-corrected chi connectivity index (χ0v) is 23.8. The molecule has 212 valence electrons. The third-order valence-electron chi connectivity index (χ3n) is 6.70. The first-order valence-electron chi connectivity index (χ1n) is 12.6. The average Bonchev–Trinajstić information content (AvgIpc) is 3.34. The van der Waals surface area contributed by atoms with E-state index < -0.39 is 23.7 Å². The highest BCUT2D eigenvalue weighted by Gasteiger charge is 2.47. The monoisotopic (exact) mass is 543 g/mol. The van der Waals surface area contributed by atoms with Crippen molar-refractivity contribution in [2.45, 2.75) is 33.2 Å². The van der Waals surface area contributed by atoms with Gasteiger partial charge in [-0.1, -0.05) is 0 Å². The number of nitrogens with one attached hydrogen (secondary N) is 1. The number of likely N-dealkylation sites (tertiary alicyclic amines) is 1. The van der Waals surface area contributed by atoms with Crippen molar-refractivity contribution in [2.24, 2.45) is 0 Å². The van der Waals surface area contributed by atoms with E-state index in [9.17, 15) is 19.5 Å². The molecule has 0 bridgehead atoms. The number of hydrogen-bond donors (Lipinski definition) is 2. The molecule has 1 aromatic carbocycles. The molecule has 0 saturated carbocycles. The van der Waals surface area contributed by atoms with Gasteiger partial charge in [0, 0.05) is 17.8 Å². The topological polar surface area (TPSA) is 131 Å². The first kappa shape index (κ1) is 29.6. The van der Waals surface area contributed by atoms with E-state index >= 15 is 0 Å². The summed E-state index contributed by atoms with van der Waals surface area (Å²) < 4.78 is 21.6. The first-order valence-corrected chi connectivity index (χ1v) is 12.6. The number of aliphatic hydroxyl groups excluding tert-OH is 1. The van der Waals surface area contributed by atoms with Crippen molar-refractivity contribution in [3.05, 3.63) is 45.8 Å². The number of amides is 1. The van der Waals surface area contributed by atoms with E-state index in [2.05, 4.69) is 4.98 Å². The van der Waals surface area contributed by atoms with Gasteiger partial charge >= 0.3 is 5.97 Å². The van der Waals surface area contributed by atoms with Gasteiger partial charge in [-0.15, -0.1) is 0 Å². The van der Waals surface area contributed by atoms with Crippen LogP contribution >= 0.6 is 0 Å². The fraction of sp³-hybridized carbons (Fsp3) is 0.464. The Bertz CT molecular complexity index is 1270. The summed E-state index contributed by atoms with van der Waals surface area (Å²) in [4.78, 5) is 45.7. The predicted octanol–water partition coefficient (Wildman–Crippen LogP) is 3.21. The van der Waals surface area contributed by atoms with E-state index in [1.165, 1.54) is 26.2 Å². The fourth-order valence-corrected chi connectivity index (χ4v) is 4.92. The molecule has 1 saturated heterocycles. The quantitative estimate of drug-likeness (QED) is 0.190. The van der Waals surface area contributed by atoms with Crippen molar-refractivity contribution < 1.29 is 38.4 Å². The molecule has 1 aliphatic rings. The number of carbonyl (C=O) groups excluding carboxylic acids is 3. The first-order chi connectivity index (χ1) is 18.5. The van der Waals surface area contributed by atoms with Crippen LogP contribution in [0.2, 0.25) is 0 Å². The van der Waals surface area contributed by atoms with Crippen LogP contribution in [0.4, 0.5) is 0 Å². The number of ether oxygens (including phenoxy) is 4. The Morgan fingerprint density at radius 3 is 2.21 bits per heavy atom. The van der Waals surface area contributed by atoms with Gasteiger partial charge < -0.3 is 38.8 Å². The van der Waals surface area contributed by atoms with Crippen LogP contribution < -0.4 is 14.2 Å². The van der Waals surface area contributed by atoms with Gasteiger partial charge in [0.15, 0.2) is 11.5 Å². The van der Waals surface area contributed by atoms with Crippen LogP contribution in [-0.4, -0.2) is 92.7 Å². The van der Waals surface area contributed by atoms with Crippen LogP contribution in [0.15, 0.2) is 17.7 Å². The molecule has 2 heterocycles. The SMILES string of the molecule is CCOC(=O)c1[nH]c(C)c(/C(O)=C2\C(=O)C(=O)N(CCCN(C)C)C2c2cc(OC)c(OC)c(OC)c2)c1C. The average molecular weight is 544 g/mol. The number of hydrogen-bond acceptors (Lipinski definition) is 9. The third-order valence-corrected chi connectivity index (χ3v) is 6.70. The molecule has 0 radical (unpaired) electrons. The Morgan fingerprint density at radius 2 is 1.69 bits per heavy atom. The van der Waals surface area contributed by atoms with Gasteiger partial charge in [0.2, 0.25) is 5.75 Å². The molecule has 2 N–H and O–H groups in total. The summed E-state index contributed by atoms with van der Waals surface area (Å²) >= 11 is 0. The molecule has 11 nitrogen and oxygen atoms in total. The molecule has 0 spiro atoms. The number of esters is 1. The van der Waals surface area contributed by atoms with E-state index in [4.69, 9.17) is 18.9 Å². The second kappa shape index (κ2) is 12.2. The summed E-state index contributed by atoms with van der Waals surface area (Å²) in [6, 6.07) is 2.37. The maximum atomic E-state index is 13.5. The minimum absolute atomic E-state index is 0.0975. The molecule has 1 aliphatic heterocycles. The molecule has 2 aromatic rings. The Balaban J connectivity index is 2.28. The minimum Gasteiger partial charge on any atom is -0.507 e. The van der Waals surface area contributed by atoms with Gasteiger partial charge in [0.05, 0.1) is 39.6 Å². The number of carbonyl (C=O) groups is 3. The van der Waals surface area contributed by atoms with E-state index in [1.807, 2.05) is 19.0 Å². The number of methoxy groups -OCH3 is 3. The number of benzene rings is 1. The Hall–Kier alpha value is -3.99. The Kier molecular flexibility index (Phi) is 9.28. The van der Waals surface area contributed by atoms with E-state index in [0.717, 1.165) is 0 Å². The second-order valence-electron chi connectivity index (χ2n) is 9.45. The smallest absolute Gasteiger partial charge is 0.355 e. The summed E-state index contributed by atoms with van der Waals surface area (Å²) in [7, 11) is 8.26. The molecule has 1 unspecified atom stereocenters. The van der Waals surface area contributed by atoms with Gasteiger partial charge in [0.25, 0.3) is 11.7 Å². The molecule has 39 heavy (non-hydrogen) atoms. The highest BCUT2D eigenvalue weighted by Crippen LogP contribution is 2.46. The third kappa shape index (κ3) is 5.58. The highest BCUT2D eigenvalue weighted by atomic mass is 16.5. The van der Waals surface area contributed by atoms with E-state index in [-0.39, 0.29) is 35.7 Å². The van der Waals surface area contributed by atoms with Crippen molar-refractivity contribution in [1.82, 2.24) is 14.8 Å². The lowest BCUT2D eigenvalue weighted by molar-refractivity contribution is -0.139. The number of aryl methyl sites for hydroxylation is 1. The summed E-state index contributed by atoms with van der Waals surface area (Å²) in [5.74, 6) is -1.50. The summed E-state index contributed by atoms with van der Waals surface area (Å²) in [5, 5.41) is 11.6. The molecule has 11 heteroatoms. The lowest BCUT2D eigenvalue weighted by atomic mass is 9.93. The zero-order chi connectivity index (χ0) is 29.0. The predicted molar refractivity (Wildman–Crippen MR) is 145 cm³/mol. The van der Waals surface area contributed by atoms with E-state index in [0.29, 0.717) is 47.0 Å². The maximum absolute atomic E-state index is 13.5. The number of rotatable bonds is 11. The maximum Gasteiger partial charge on any atom is 0.355 e. The van der Waals surface area contributed by atoms with Gasteiger partial charge in [-0.05, 0) is 71.1 Å². The lowest BCUT2D eigenvalue weighted by Crippen LogP contribution is -2.32. The molecule has 1 atom stereocenters. The lowest BCUT2D eigenvalue weighted by Gasteiger charge is -2.27. The Labute approximate surface area is 228 Å². The molecule has 1 aromatic heterocycles. The van der Waals surface area contributed by atoms with Crippen molar-refractivity contribution in [3.8, 4) is 17.2 Å². The molecule has 1 amide bonds. The molecular formula is C28H37N3O8. The normalized spacial score (nSPS) is 16.6. The summed E-state index contributed by atoms with van der Waals surface area (Å²) in [6.07, 6.45) is 0.593. The van der Waals surface area contributed by atoms with Crippen molar-refractivity contribution in [3.63, 3.8) is 0 Å². The molecule has 0 aliphatic carbocycles. The fourth-order valence-electron chi connectivity index (χ4n) is 4.92. The number of aliphatic hydroxyl groups is 1. The van der Waals surface area contributed by atoms with E-state index in [1.54, 1.807) is 32.9 Å². The van der Waals surface area contributed by atoms with Gasteiger partial charge in [-0.2, -0.15) is 0 Å². The zero-order valence-electron chi connectivity index (χ0n) is 23.8. The van der Waals surface area contributed by atoms with Crippen LogP contribution in [0.25, 0.3) is 5.76 Å². The standard InChI is InChI=1S/C28H37N3O8/c1-9-39-28(35)22-15(2)20(16(3)29-22)24(32)21-23(31(27(34)25(21)33)12-10-11-30(4)5)17-13-18(36-6)26(38-8)19(14-17)37-7/h13-14,23,29,32H,9-12H2,1-8H3/b24-21+. The van der Waals surface area contributed by atoms with Crippen molar-refractivity contribution in [1.29, 1.82) is 0 Å². The van der Waals surface area contributed by atoms with Crippen molar-refractivity contribution in [2.75, 3.05) is 55.1 Å². The number of aromatic amines is 1. The number of ketones is 1. The number of H-pyrrole nitrogens is 1. The summed E-state index contributed by atoms with van der Waals surface area (Å²) in [5.41, 5.74) is 1.69. The van der Waals surface area contributed by atoms with Gasteiger partial charge in [0.1, 0.15) is 11.5 Å². The van der Waals surface area contributed by atoms with Crippen LogP contribution in [0, 0.1) is 13.8 Å². The summed E-state index contributed by atoms with van der Waals surface area (Å²) in [6.45, 7) is 6.14. The van der Waals surface area contributed by atoms with Crippen LogP contribution in [0.3, 0.4) is 0 Å². The number of Topliss-reactive ketones (excluding diaryl/α,β-unsaturated/α-hetero) is 1. The minimum atomic E-state index is -0.944. The van der Waals surface area contributed by atoms with Crippen molar-refractivity contribution >= 4 is 23.4 Å². The number of nitrogens with zero attached hydrogens (tertiary/aromatic N) is 2. The molecule has 1 fully saturated rings. The number of aromatic nitrogens is 1. The largest absolute Gasteiger partial charge is 0.507 e. The molecular weight excluding hydrogens is 506 g/mol. The van der Waals surface area contributed by atoms with Crippen LogP contribution in [-0.2, 0) is 14.3 Å². The van der Waals surface area contributed by atoms with Gasteiger partial charge in [-0.3, -0.25) is 9.59 Å².